The molecule has 3 aromatic rings. The summed E-state index contributed by atoms with van der Waals surface area (Å²) >= 11 is 0. The van der Waals surface area contributed by atoms with Gasteiger partial charge in [0.25, 0.3) is 0 Å². The van der Waals surface area contributed by atoms with E-state index in [1.807, 2.05) is 23.9 Å². The van der Waals surface area contributed by atoms with Crippen molar-refractivity contribution in [1.82, 2.24) is 19.9 Å². The second kappa shape index (κ2) is 6.62. The van der Waals surface area contributed by atoms with Crippen molar-refractivity contribution in [3.8, 4) is 0 Å². The Morgan fingerprint density at radius 3 is 2.85 bits per heavy atom. The maximum absolute atomic E-state index is 12.9. The molecule has 26 heavy (non-hydrogen) atoms. The Morgan fingerprint density at radius 1 is 1.23 bits per heavy atom. The number of fused-ring (bicyclic) bond motifs is 1. The molecule has 1 atom stereocenters. The third-order valence-corrected chi connectivity index (χ3v) is 4.57. The van der Waals surface area contributed by atoms with E-state index in [0.717, 1.165) is 29.8 Å². The number of benzene rings is 1. The molecule has 8 heteroatoms. The van der Waals surface area contributed by atoms with E-state index < -0.39 is 0 Å². The Hall–Kier alpha value is -3.16. The molecule has 1 aromatic carbocycles. The van der Waals surface area contributed by atoms with Gasteiger partial charge in [0.2, 0.25) is 0 Å². The van der Waals surface area contributed by atoms with Gasteiger partial charge in [0, 0.05) is 38.1 Å². The number of carbonyl (C=O) groups excluding carboxylic acids is 1. The second-order valence-electron chi connectivity index (χ2n) is 6.40. The largest absolute Gasteiger partial charge is 0.354 e. The highest BCUT2D eigenvalue weighted by Gasteiger charge is 2.26. The topological polar surface area (TPSA) is 75.1 Å². The first-order chi connectivity index (χ1) is 12.6. The summed E-state index contributed by atoms with van der Waals surface area (Å²) in [4.78, 5) is 23.0. The van der Waals surface area contributed by atoms with Crippen molar-refractivity contribution < 1.29 is 9.18 Å². The zero-order chi connectivity index (χ0) is 18.1. The van der Waals surface area contributed by atoms with Crippen LogP contribution >= 0.6 is 0 Å². The number of urea groups is 1. The maximum Gasteiger partial charge on any atom is 0.319 e. The first kappa shape index (κ1) is 16.3. The van der Waals surface area contributed by atoms with Gasteiger partial charge in [-0.1, -0.05) is 0 Å². The van der Waals surface area contributed by atoms with Gasteiger partial charge in [-0.05, 0) is 36.8 Å². The van der Waals surface area contributed by atoms with Crippen LogP contribution in [0.25, 0.3) is 11.0 Å². The highest BCUT2D eigenvalue weighted by Crippen LogP contribution is 2.26. The maximum atomic E-state index is 12.9. The van der Waals surface area contributed by atoms with Crippen molar-refractivity contribution in [2.45, 2.75) is 12.5 Å². The van der Waals surface area contributed by atoms with Gasteiger partial charge in [-0.25, -0.2) is 19.2 Å². The van der Waals surface area contributed by atoms with E-state index in [1.54, 1.807) is 6.33 Å². The average molecular weight is 354 g/mol. The van der Waals surface area contributed by atoms with Crippen molar-refractivity contribution >= 4 is 28.6 Å². The molecular formula is C18H19FN6O. The molecule has 3 heterocycles. The zero-order valence-corrected chi connectivity index (χ0v) is 14.3. The number of rotatable bonds is 3. The third kappa shape index (κ3) is 3.17. The second-order valence-corrected chi connectivity index (χ2v) is 6.40. The molecule has 1 unspecified atom stereocenters. The van der Waals surface area contributed by atoms with E-state index in [0.29, 0.717) is 12.2 Å². The predicted octanol–water partition coefficient (Wildman–Crippen LogP) is 2.51. The van der Waals surface area contributed by atoms with Gasteiger partial charge in [-0.3, -0.25) is 0 Å². The molecule has 0 spiro atoms. The molecule has 4 rings (SSSR count). The zero-order valence-electron chi connectivity index (χ0n) is 14.3. The highest BCUT2D eigenvalue weighted by atomic mass is 19.1. The highest BCUT2D eigenvalue weighted by molar-refractivity contribution is 5.90. The summed E-state index contributed by atoms with van der Waals surface area (Å²) in [5, 5.41) is 6.69. The summed E-state index contributed by atoms with van der Waals surface area (Å²) in [6, 6.07) is 7.42. The van der Waals surface area contributed by atoms with Gasteiger partial charge < -0.3 is 20.1 Å². The van der Waals surface area contributed by atoms with Crippen molar-refractivity contribution in [3.05, 3.63) is 48.7 Å². The standard InChI is InChI=1S/C18H19FN6O/c1-24-8-7-15-16(24)20-11-21-17(15)25-9-6-14(10-25)23-18(26)22-13-4-2-12(19)3-5-13/h2-5,7-8,11,14H,6,9-10H2,1H3,(H2,22,23,26). The molecule has 0 bridgehead atoms. The number of hydrogen-bond donors (Lipinski definition) is 2. The first-order valence-electron chi connectivity index (χ1n) is 8.44. The van der Waals surface area contributed by atoms with Crippen molar-refractivity contribution in [2.24, 2.45) is 7.05 Å². The Kier molecular flexibility index (Phi) is 4.16. The number of aryl methyl sites for hydroxylation is 1. The van der Waals surface area contributed by atoms with Crippen LogP contribution in [0.3, 0.4) is 0 Å². The minimum absolute atomic E-state index is 0.0178. The fraction of sp³-hybridized carbons (Fsp3) is 0.278. The summed E-state index contributed by atoms with van der Waals surface area (Å²) in [5.74, 6) is 0.554. The van der Waals surface area contributed by atoms with Crippen LogP contribution in [0.1, 0.15) is 6.42 Å². The van der Waals surface area contributed by atoms with Gasteiger partial charge in [-0.15, -0.1) is 0 Å². The SMILES string of the molecule is Cn1ccc2c(N3CCC(NC(=O)Nc4ccc(F)cc4)C3)ncnc21. The van der Waals surface area contributed by atoms with E-state index in [4.69, 9.17) is 0 Å². The van der Waals surface area contributed by atoms with Crippen molar-refractivity contribution in [1.29, 1.82) is 0 Å². The number of amides is 2. The number of aromatic nitrogens is 3. The average Bonchev–Trinajstić information content (AvgIpc) is 3.24. The lowest BCUT2D eigenvalue weighted by Crippen LogP contribution is -2.39. The van der Waals surface area contributed by atoms with Crippen LogP contribution in [-0.2, 0) is 7.05 Å². The number of carbonyl (C=O) groups is 1. The summed E-state index contributed by atoms with van der Waals surface area (Å²) in [6.07, 6.45) is 4.36. The summed E-state index contributed by atoms with van der Waals surface area (Å²) in [6.45, 7) is 1.49. The van der Waals surface area contributed by atoms with E-state index >= 15 is 0 Å². The molecule has 134 valence electrons. The fourth-order valence-corrected chi connectivity index (χ4v) is 3.27. The molecule has 0 aliphatic carbocycles. The number of nitrogens with zero attached hydrogens (tertiary/aromatic N) is 4. The molecule has 7 nitrogen and oxygen atoms in total. The van der Waals surface area contributed by atoms with Crippen molar-refractivity contribution in [2.75, 3.05) is 23.3 Å². The van der Waals surface area contributed by atoms with Gasteiger partial charge in [0.15, 0.2) is 0 Å². The van der Waals surface area contributed by atoms with Crippen molar-refractivity contribution in [3.63, 3.8) is 0 Å². The number of hydrogen-bond acceptors (Lipinski definition) is 4. The molecule has 2 aromatic heterocycles. The molecule has 1 aliphatic rings. The number of anilines is 2. The lowest BCUT2D eigenvalue weighted by atomic mass is 10.2. The number of nitrogens with one attached hydrogen (secondary N) is 2. The molecule has 0 radical (unpaired) electrons. The van der Waals surface area contributed by atoms with E-state index in [1.165, 1.54) is 24.3 Å². The van der Waals surface area contributed by atoms with Gasteiger partial charge in [0.1, 0.15) is 23.6 Å². The minimum atomic E-state index is -0.334. The molecule has 2 amide bonds. The minimum Gasteiger partial charge on any atom is -0.354 e. The Morgan fingerprint density at radius 2 is 2.04 bits per heavy atom. The fourth-order valence-electron chi connectivity index (χ4n) is 3.27. The van der Waals surface area contributed by atoms with Crippen LogP contribution in [0, 0.1) is 5.82 Å². The molecule has 1 fully saturated rings. The van der Waals surface area contributed by atoms with Crippen LogP contribution in [-0.4, -0.2) is 39.7 Å². The third-order valence-electron chi connectivity index (χ3n) is 4.57. The van der Waals surface area contributed by atoms with Crippen LogP contribution < -0.4 is 15.5 Å². The van der Waals surface area contributed by atoms with E-state index in [9.17, 15) is 9.18 Å². The van der Waals surface area contributed by atoms with Crippen LogP contribution in [0.5, 0.6) is 0 Å². The van der Waals surface area contributed by atoms with E-state index in [2.05, 4.69) is 25.5 Å². The molecule has 0 saturated carbocycles. The number of halogens is 1. The summed E-state index contributed by atoms with van der Waals surface area (Å²) < 4.78 is 14.9. The molecule has 2 N–H and O–H groups in total. The smallest absolute Gasteiger partial charge is 0.319 e. The van der Waals surface area contributed by atoms with Gasteiger partial charge in [-0.2, -0.15) is 0 Å². The Bertz CT molecular complexity index is 939. The Balaban J connectivity index is 1.40. The quantitative estimate of drug-likeness (QED) is 0.758. The molecule has 1 aliphatic heterocycles. The van der Waals surface area contributed by atoms with Crippen LogP contribution in [0.2, 0.25) is 0 Å². The lowest BCUT2D eigenvalue weighted by molar-refractivity contribution is 0.249. The summed E-state index contributed by atoms with van der Waals surface area (Å²) in [7, 11) is 1.95. The van der Waals surface area contributed by atoms with Gasteiger partial charge in [0.05, 0.1) is 5.39 Å². The lowest BCUT2D eigenvalue weighted by Gasteiger charge is -2.18. The molecule has 1 saturated heterocycles. The van der Waals surface area contributed by atoms with E-state index in [-0.39, 0.29) is 17.9 Å². The first-order valence-corrected chi connectivity index (χ1v) is 8.44. The predicted molar refractivity (Wildman–Crippen MR) is 97.7 cm³/mol. The summed E-state index contributed by atoms with van der Waals surface area (Å²) in [5.41, 5.74) is 1.45. The normalized spacial score (nSPS) is 16.8. The molecular weight excluding hydrogens is 335 g/mol. The Labute approximate surface area is 149 Å². The van der Waals surface area contributed by atoms with Crippen LogP contribution in [0.4, 0.5) is 20.7 Å². The van der Waals surface area contributed by atoms with Crippen LogP contribution in [0.15, 0.2) is 42.9 Å². The van der Waals surface area contributed by atoms with Gasteiger partial charge >= 0.3 is 6.03 Å². The monoisotopic (exact) mass is 354 g/mol.